The van der Waals surface area contributed by atoms with Crippen molar-refractivity contribution in [2.75, 3.05) is 0 Å². The molecule has 0 saturated carbocycles. The van der Waals surface area contributed by atoms with Crippen LogP contribution in [-0.2, 0) is 19.7 Å². The first-order chi connectivity index (χ1) is 17.0. The van der Waals surface area contributed by atoms with Gasteiger partial charge in [-0.3, -0.25) is 14.1 Å². The molecule has 0 aliphatic carbocycles. The minimum atomic E-state index is -5.24. The maximum atomic E-state index is 13.0. The Labute approximate surface area is 220 Å². The van der Waals surface area contributed by atoms with E-state index in [1.165, 1.54) is 0 Å². The van der Waals surface area contributed by atoms with Crippen LogP contribution in [0.4, 0.5) is 0 Å². The van der Waals surface area contributed by atoms with E-state index in [9.17, 15) is 32.8 Å². The highest BCUT2D eigenvalue weighted by Gasteiger charge is 2.68. The summed E-state index contributed by atoms with van der Waals surface area (Å²) in [4.78, 5) is 25.9. The van der Waals surface area contributed by atoms with Crippen LogP contribution >= 0.6 is 0 Å². The predicted molar refractivity (Wildman–Crippen MR) is 146 cm³/mol. The molecule has 0 rings (SSSR count). The molecule has 36 heavy (non-hydrogen) atoms. The molecule has 0 spiro atoms. The minimum Gasteiger partial charge on any atom is -0.481 e. The second kappa shape index (κ2) is 18.2. The number of aliphatic carboxylic acids is 2. The number of carbonyl (C=O) groups is 2. The Hall–Kier alpha value is -1.15. The Balaban J connectivity index is 6.43. The summed E-state index contributed by atoms with van der Waals surface area (Å²) in [6, 6.07) is 0. The number of carboxylic acids is 2. The summed E-state index contributed by atoms with van der Waals surface area (Å²) < 4.78 is 33.8. The van der Waals surface area contributed by atoms with Crippen LogP contribution in [-0.4, -0.2) is 39.9 Å². The highest BCUT2D eigenvalue weighted by molar-refractivity contribution is 7.88. The van der Waals surface area contributed by atoms with Crippen molar-refractivity contribution in [1.82, 2.24) is 0 Å². The van der Waals surface area contributed by atoms with Gasteiger partial charge in [-0.2, -0.15) is 8.42 Å². The third-order valence-electron chi connectivity index (χ3n) is 8.00. The molecule has 0 aromatic carbocycles. The Morgan fingerprint density at radius 1 is 0.667 bits per heavy atom. The molecule has 7 nitrogen and oxygen atoms in total. The second-order valence-electron chi connectivity index (χ2n) is 10.7. The van der Waals surface area contributed by atoms with Gasteiger partial charge in [-0.25, -0.2) is 0 Å². The molecule has 3 N–H and O–H groups in total. The lowest BCUT2D eigenvalue weighted by Crippen LogP contribution is -2.63. The van der Waals surface area contributed by atoms with E-state index in [4.69, 9.17) is 0 Å². The third-order valence-corrected chi connectivity index (χ3v) is 9.61. The van der Waals surface area contributed by atoms with Crippen LogP contribution in [0.25, 0.3) is 0 Å². The molecule has 0 radical (unpaired) electrons. The van der Waals surface area contributed by atoms with Gasteiger partial charge in [0.05, 0.1) is 0 Å². The highest BCUT2D eigenvalue weighted by Crippen LogP contribution is 2.51. The van der Waals surface area contributed by atoms with E-state index in [1.54, 1.807) is 0 Å². The van der Waals surface area contributed by atoms with Gasteiger partial charge in [-0.1, -0.05) is 130 Å². The van der Waals surface area contributed by atoms with Gasteiger partial charge in [0.15, 0.2) is 0 Å². The first kappa shape index (κ1) is 34.9. The topological polar surface area (TPSA) is 129 Å². The van der Waals surface area contributed by atoms with Gasteiger partial charge >= 0.3 is 11.9 Å². The Kier molecular flexibility index (Phi) is 17.6. The van der Waals surface area contributed by atoms with E-state index in [-0.39, 0.29) is 25.2 Å². The smallest absolute Gasteiger partial charge is 0.328 e. The number of rotatable bonds is 24. The van der Waals surface area contributed by atoms with E-state index < -0.39 is 32.2 Å². The van der Waals surface area contributed by atoms with Gasteiger partial charge in [0.25, 0.3) is 10.1 Å². The van der Waals surface area contributed by atoms with Crippen molar-refractivity contribution in [1.29, 1.82) is 0 Å². The standard InChI is InChI=1S/C28H54O7S/c1-5-9-12-14-16-18-21-27(25(29)30,22-19-17-15-13-10-6-2)28(26(31)32,36(33,34)35)23-24(8-4)20-11-7-3/h24H,5-23H2,1-4H3,(H,29,30)(H,31,32)(H,33,34,35). The molecule has 0 aromatic rings. The van der Waals surface area contributed by atoms with Gasteiger partial charge in [-0.15, -0.1) is 0 Å². The van der Waals surface area contributed by atoms with Crippen molar-refractivity contribution in [3.63, 3.8) is 0 Å². The molecule has 0 fully saturated rings. The Bertz CT molecular complexity index is 703. The summed E-state index contributed by atoms with van der Waals surface area (Å²) in [5.74, 6) is -3.47. The molecule has 0 heterocycles. The Morgan fingerprint density at radius 3 is 1.42 bits per heavy atom. The third kappa shape index (κ3) is 9.96. The molecule has 2 atom stereocenters. The van der Waals surface area contributed by atoms with Gasteiger partial charge in [0, 0.05) is 0 Å². The average molecular weight is 535 g/mol. The Morgan fingerprint density at radius 2 is 1.08 bits per heavy atom. The van der Waals surface area contributed by atoms with Crippen LogP contribution in [0.2, 0.25) is 0 Å². The molecule has 0 aliphatic rings. The van der Waals surface area contributed by atoms with Crippen molar-refractivity contribution >= 4 is 22.1 Å². The van der Waals surface area contributed by atoms with Crippen LogP contribution < -0.4 is 0 Å². The summed E-state index contributed by atoms with van der Waals surface area (Å²) in [6.45, 7) is 8.07. The zero-order valence-electron chi connectivity index (χ0n) is 23.4. The number of unbranched alkanes of at least 4 members (excludes halogenated alkanes) is 11. The predicted octanol–water partition coefficient (Wildman–Crippen LogP) is 7.88. The zero-order valence-corrected chi connectivity index (χ0v) is 24.2. The van der Waals surface area contributed by atoms with Crippen molar-refractivity contribution in [2.24, 2.45) is 11.3 Å². The SMILES string of the molecule is CCCCCCCCC(CCCCCCCC)(C(=O)O)C(CC(CC)CCCC)(C(=O)O)S(=O)(=O)O. The fourth-order valence-corrected chi connectivity index (χ4v) is 7.08. The molecule has 2 unspecified atom stereocenters. The maximum absolute atomic E-state index is 13.0. The van der Waals surface area contributed by atoms with Crippen LogP contribution in [0.5, 0.6) is 0 Å². The zero-order chi connectivity index (χ0) is 27.7. The maximum Gasteiger partial charge on any atom is 0.328 e. The van der Waals surface area contributed by atoms with Crippen LogP contribution in [0.15, 0.2) is 0 Å². The molecule has 0 aliphatic heterocycles. The van der Waals surface area contributed by atoms with Gasteiger partial charge in [0.1, 0.15) is 5.41 Å². The molecule has 214 valence electrons. The van der Waals surface area contributed by atoms with Gasteiger partial charge < -0.3 is 10.2 Å². The lowest BCUT2D eigenvalue weighted by Gasteiger charge is -2.44. The van der Waals surface area contributed by atoms with Gasteiger partial charge in [0.2, 0.25) is 4.75 Å². The second-order valence-corrected chi connectivity index (χ2v) is 12.3. The fourth-order valence-electron chi connectivity index (χ4n) is 5.63. The summed E-state index contributed by atoms with van der Waals surface area (Å²) in [5, 5.41) is 21.0. The van der Waals surface area contributed by atoms with Crippen LogP contribution in [0, 0.1) is 11.3 Å². The van der Waals surface area contributed by atoms with Crippen LogP contribution in [0.3, 0.4) is 0 Å². The van der Waals surface area contributed by atoms with Crippen LogP contribution in [0.1, 0.15) is 150 Å². The van der Waals surface area contributed by atoms with E-state index in [0.29, 0.717) is 38.5 Å². The van der Waals surface area contributed by atoms with E-state index >= 15 is 0 Å². The van der Waals surface area contributed by atoms with Crippen molar-refractivity contribution in [2.45, 2.75) is 154 Å². The largest absolute Gasteiger partial charge is 0.481 e. The lowest BCUT2D eigenvalue weighted by molar-refractivity contribution is -0.163. The number of hydrogen-bond donors (Lipinski definition) is 3. The molecule has 0 aromatic heterocycles. The summed E-state index contributed by atoms with van der Waals surface area (Å²) in [5.41, 5.74) is -2.08. The van der Waals surface area contributed by atoms with E-state index in [0.717, 1.165) is 64.2 Å². The molecular formula is C28H54O7S. The average Bonchev–Trinajstić information content (AvgIpc) is 2.81. The highest BCUT2D eigenvalue weighted by atomic mass is 32.2. The normalized spacial score (nSPS) is 14.9. The lowest BCUT2D eigenvalue weighted by atomic mass is 9.64. The number of hydrogen-bond acceptors (Lipinski definition) is 4. The summed E-state index contributed by atoms with van der Waals surface area (Å²) >= 11 is 0. The quantitative estimate of drug-likeness (QED) is 0.0848. The molecule has 8 heteroatoms. The summed E-state index contributed by atoms with van der Waals surface area (Å²) in [6.07, 6.45) is 12.6. The molecular weight excluding hydrogens is 480 g/mol. The van der Waals surface area contributed by atoms with Crippen molar-refractivity contribution in [3.05, 3.63) is 0 Å². The first-order valence-electron chi connectivity index (χ1n) is 14.4. The molecule has 0 saturated heterocycles. The monoisotopic (exact) mass is 534 g/mol. The number of carboxylic acid groups (broad SMARTS) is 2. The molecule has 0 amide bonds. The minimum absolute atomic E-state index is 0.0697. The summed E-state index contributed by atoms with van der Waals surface area (Å²) in [7, 11) is -5.24. The van der Waals surface area contributed by atoms with E-state index in [1.807, 2.05) is 13.8 Å². The van der Waals surface area contributed by atoms with Crippen molar-refractivity contribution < 1.29 is 32.8 Å². The fraction of sp³-hybridized carbons (Fsp3) is 0.929. The van der Waals surface area contributed by atoms with Gasteiger partial charge in [-0.05, 0) is 25.2 Å². The first-order valence-corrected chi connectivity index (χ1v) is 15.9. The van der Waals surface area contributed by atoms with Crippen molar-refractivity contribution in [3.8, 4) is 0 Å². The van der Waals surface area contributed by atoms with E-state index in [2.05, 4.69) is 13.8 Å². The molecule has 0 bridgehead atoms.